The summed E-state index contributed by atoms with van der Waals surface area (Å²) in [4.78, 5) is 30.1. The maximum absolute atomic E-state index is 12.1. The lowest BCUT2D eigenvalue weighted by atomic mass is 10.1. The lowest BCUT2D eigenvalue weighted by Crippen LogP contribution is -2.02. The van der Waals surface area contributed by atoms with E-state index in [1.165, 1.54) is 0 Å². The molecule has 0 spiro atoms. The van der Waals surface area contributed by atoms with Crippen molar-refractivity contribution >= 4 is 45.2 Å². The van der Waals surface area contributed by atoms with Crippen molar-refractivity contribution in [1.82, 2.24) is 40.3 Å². The highest BCUT2D eigenvalue weighted by atomic mass is 35.5. The molecular weight excluding hydrogens is 406 g/mol. The number of H-pyrrole nitrogens is 3. The van der Waals surface area contributed by atoms with Gasteiger partial charge in [0.2, 0.25) is 5.95 Å². The second kappa shape index (κ2) is 6.36. The fourth-order valence-corrected chi connectivity index (χ4v) is 3.77. The van der Waals surface area contributed by atoms with Crippen molar-refractivity contribution < 1.29 is 0 Å². The molecule has 4 heterocycles. The van der Waals surface area contributed by atoms with Gasteiger partial charge in [0.05, 0.1) is 27.6 Å². The Balaban J connectivity index is 1.51. The van der Waals surface area contributed by atoms with Crippen molar-refractivity contribution in [1.29, 1.82) is 0 Å². The lowest BCUT2D eigenvalue weighted by Gasteiger charge is -2.10. The van der Waals surface area contributed by atoms with Crippen molar-refractivity contribution in [3.8, 4) is 11.4 Å². The van der Waals surface area contributed by atoms with Gasteiger partial charge in [-0.05, 0) is 31.0 Å². The van der Waals surface area contributed by atoms with Crippen molar-refractivity contribution in [2.75, 3.05) is 5.32 Å². The third kappa shape index (κ3) is 2.72. The zero-order valence-corrected chi connectivity index (χ0v) is 16.2. The second-order valence-electron chi connectivity index (χ2n) is 7.16. The van der Waals surface area contributed by atoms with Crippen LogP contribution in [0.5, 0.6) is 0 Å². The Bertz CT molecular complexity index is 1480. The molecule has 0 amide bonds. The molecule has 5 aromatic rings. The molecule has 1 aliphatic rings. The molecule has 0 unspecified atom stereocenters. The molecule has 4 N–H and O–H groups in total. The number of rotatable bonds is 4. The summed E-state index contributed by atoms with van der Waals surface area (Å²) in [5.74, 6) is 2.66. The van der Waals surface area contributed by atoms with Gasteiger partial charge in [0.1, 0.15) is 11.6 Å². The minimum absolute atomic E-state index is 0.276. The van der Waals surface area contributed by atoms with Crippen molar-refractivity contribution in [3.05, 3.63) is 51.8 Å². The largest absolute Gasteiger partial charge is 0.307 e. The van der Waals surface area contributed by atoms with Crippen molar-refractivity contribution in [3.63, 3.8) is 0 Å². The van der Waals surface area contributed by atoms with Crippen LogP contribution in [0.2, 0.25) is 5.02 Å². The molecule has 4 aromatic heterocycles. The molecule has 30 heavy (non-hydrogen) atoms. The van der Waals surface area contributed by atoms with Gasteiger partial charge in [-0.15, -0.1) is 5.10 Å². The van der Waals surface area contributed by atoms with Crippen LogP contribution in [0.15, 0.2) is 35.4 Å². The highest BCUT2D eigenvalue weighted by Crippen LogP contribution is 2.38. The van der Waals surface area contributed by atoms with Gasteiger partial charge in [-0.3, -0.25) is 25.1 Å². The molecule has 0 radical (unpaired) electrons. The Morgan fingerprint density at radius 2 is 2.00 bits per heavy atom. The average molecular weight is 420 g/mol. The number of anilines is 2. The summed E-state index contributed by atoms with van der Waals surface area (Å²) in [5.41, 5.74) is 1.48. The Morgan fingerprint density at radius 1 is 1.10 bits per heavy atom. The number of pyridine rings is 1. The Morgan fingerprint density at radius 3 is 2.87 bits per heavy atom. The van der Waals surface area contributed by atoms with Gasteiger partial charge < -0.3 is 5.32 Å². The first-order valence-electron chi connectivity index (χ1n) is 9.37. The van der Waals surface area contributed by atoms with Crippen LogP contribution in [-0.4, -0.2) is 40.3 Å². The van der Waals surface area contributed by atoms with Crippen LogP contribution >= 0.6 is 11.6 Å². The van der Waals surface area contributed by atoms with E-state index in [0.29, 0.717) is 45.5 Å². The molecule has 1 aromatic carbocycles. The fourth-order valence-electron chi connectivity index (χ4n) is 3.43. The normalized spacial score (nSPS) is 13.9. The first kappa shape index (κ1) is 17.1. The molecule has 10 nitrogen and oxygen atoms in total. The topological polar surface area (TPSA) is 141 Å². The molecule has 148 valence electrons. The van der Waals surface area contributed by atoms with E-state index in [1.807, 2.05) is 6.07 Å². The lowest BCUT2D eigenvalue weighted by molar-refractivity contribution is 0.935. The minimum atomic E-state index is -0.300. The predicted molar refractivity (Wildman–Crippen MR) is 112 cm³/mol. The SMILES string of the molecule is O=c1[nH][nH]c2ccc(-c3nc(Nc4n[nH]c(C5CC5)n4)c4ccncc4n3)c(Cl)c12. The number of aromatic nitrogens is 8. The number of aromatic amines is 3. The van der Waals surface area contributed by atoms with Crippen molar-refractivity contribution in [2.45, 2.75) is 18.8 Å². The second-order valence-corrected chi connectivity index (χ2v) is 7.54. The summed E-state index contributed by atoms with van der Waals surface area (Å²) in [6.45, 7) is 0. The van der Waals surface area contributed by atoms with Crippen LogP contribution in [-0.2, 0) is 0 Å². The number of nitrogens with one attached hydrogen (secondary N) is 4. The van der Waals surface area contributed by atoms with E-state index in [9.17, 15) is 4.79 Å². The standard InChI is InChI=1S/C19H14ClN9O/c20-14-10(3-4-11-13(14)18(30)28-26-11)17-22-12-7-21-6-5-9(12)16(23-17)25-19-24-15(27-29-19)8-1-2-8/h3-8H,1-2H2,(H2,26,28,30)(H2,22,23,24,25,27,29). The first-order valence-corrected chi connectivity index (χ1v) is 9.75. The molecule has 11 heteroatoms. The number of hydrogen-bond donors (Lipinski definition) is 4. The molecule has 0 bridgehead atoms. The maximum atomic E-state index is 12.1. The van der Waals surface area contributed by atoms with E-state index >= 15 is 0 Å². The van der Waals surface area contributed by atoms with Gasteiger partial charge in [-0.25, -0.2) is 9.97 Å². The Hall–Kier alpha value is -3.79. The highest BCUT2D eigenvalue weighted by molar-refractivity contribution is 6.38. The number of benzene rings is 1. The molecule has 1 saturated carbocycles. The van der Waals surface area contributed by atoms with Gasteiger partial charge in [0.15, 0.2) is 5.82 Å². The summed E-state index contributed by atoms with van der Waals surface area (Å²) in [7, 11) is 0. The van der Waals surface area contributed by atoms with E-state index in [1.54, 1.807) is 24.5 Å². The summed E-state index contributed by atoms with van der Waals surface area (Å²) in [6, 6.07) is 5.35. The summed E-state index contributed by atoms with van der Waals surface area (Å²) in [6.07, 6.45) is 5.57. The van der Waals surface area contributed by atoms with Gasteiger partial charge >= 0.3 is 0 Å². The van der Waals surface area contributed by atoms with Crippen LogP contribution in [0, 0.1) is 0 Å². The number of fused-ring (bicyclic) bond motifs is 2. The van der Waals surface area contributed by atoms with E-state index in [2.05, 4.69) is 45.6 Å². The average Bonchev–Trinajstić information content (AvgIpc) is 3.39. The predicted octanol–water partition coefficient (Wildman–Crippen LogP) is 3.25. The van der Waals surface area contributed by atoms with E-state index in [-0.39, 0.29) is 10.6 Å². The van der Waals surface area contributed by atoms with E-state index in [0.717, 1.165) is 24.1 Å². The zero-order chi connectivity index (χ0) is 20.2. The number of hydrogen-bond acceptors (Lipinski definition) is 7. The monoisotopic (exact) mass is 419 g/mol. The molecule has 0 atom stereocenters. The Labute approximate surface area is 173 Å². The fraction of sp³-hybridized carbons (Fsp3) is 0.158. The smallest absolute Gasteiger partial charge is 0.273 e. The number of halogens is 1. The maximum Gasteiger partial charge on any atom is 0.273 e. The minimum Gasteiger partial charge on any atom is -0.307 e. The first-order chi connectivity index (χ1) is 14.7. The quantitative estimate of drug-likeness (QED) is 0.350. The summed E-state index contributed by atoms with van der Waals surface area (Å²) in [5, 5.41) is 17.1. The molecular formula is C19H14ClN9O. The summed E-state index contributed by atoms with van der Waals surface area (Å²) >= 11 is 6.55. The van der Waals surface area contributed by atoms with Gasteiger partial charge in [-0.2, -0.15) is 4.98 Å². The highest BCUT2D eigenvalue weighted by Gasteiger charge is 2.27. The van der Waals surface area contributed by atoms with Gasteiger partial charge in [0, 0.05) is 23.1 Å². The molecule has 0 saturated heterocycles. The van der Waals surface area contributed by atoms with Crippen molar-refractivity contribution in [2.24, 2.45) is 0 Å². The van der Waals surface area contributed by atoms with Crippen LogP contribution in [0.25, 0.3) is 33.2 Å². The third-order valence-corrected chi connectivity index (χ3v) is 5.51. The Kier molecular flexibility index (Phi) is 3.62. The number of nitrogens with zero attached hydrogens (tertiary/aromatic N) is 5. The van der Waals surface area contributed by atoms with E-state index < -0.39 is 0 Å². The zero-order valence-electron chi connectivity index (χ0n) is 15.4. The van der Waals surface area contributed by atoms with Crippen LogP contribution in [0.4, 0.5) is 11.8 Å². The molecule has 1 aliphatic carbocycles. The summed E-state index contributed by atoms with van der Waals surface area (Å²) < 4.78 is 0. The molecule has 6 rings (SSSR count). The van der Waals surface area contributed by atoms with E-state index in [4.69, 9.17) is 11.6 Å². The van der Waals surface area contributed by atoms with Gasteiger partial charge in [0.25, 0.3) is 5.56 Å². The van der Waals surface area contributed by atoms with Crippen LogP contribution < -0.4 is 10.9 Å². The molecule has 1 fully saturated rings. The molecule has 0 aliphatic heterocycles. The van der Waals surface area contributed by atoms with Crippen LogP contribution in [0.1, 0.15) is 24.6 Å². The van der Waals surface area contributed by atoms with Crippen LogP contribution in [0.3, 0.4) is 0 Å². The third-order valence-electron chi connectivity index (χ3n) is 5.12. The van der Waals surface area contributed by atoms with Gasteiger partial charge in [-0.1, -0.05) is 11.6 Å².